The summed E-state index contributed by atoms with van der Waals surface area (Å²) in [4.78, 5) is 4.35. The molecule has 2 aromatic heterocycles. The van der Waals surface area contributed by atoms with Gasteiger partial charge in [0.2, 0.25) is 0 Å². The molecule has 2 heterocycles. The Morgan fingerprint density at radius 2 is 2.00 bits per heavy atom. The van der Waals surface area contributed by atoms with E-state index in [1.807, 2.05) is 31.3 Å². The van der Waals surface area contributed by atoms with E-state index in [-0.39, 0.29) is 0 Å². The van der Waals surface area contributed by atoms with Crippen molar-refractivity contribution >= 4 is 22.5 Å². The maximum atomic E-state index is 6.05. The number of benzene rings is 1. The van der Waals surface area contributed by atoms with E-state index >= 15 is 0 Å². The van der Waals surface area contributed by atoms with Crippen LogP contribution in [0, 0.1) is 6.92 Å². The van der Waals surface area contributed by atoms with E-state index < -0.39 is 0 Å². The van der Waals surface area contributed by atoms with Crippen molar-refractivity contribution in [1.82, 2.24) is 9.55 Å². The van der Waals surface area contributed by atoms with E-state index in [9.17, 15) is 0 Å². The molecule has 90 valence electrons. The minimum absolute atomic E-state index is 0.757. The lowest BCUT2D eigenvalue weighted by Gasteiger charge is -2.04. The smallest absolute Gasteiger partial charge is 0.0669 e. The van der Waals surface area contributed by atoms with E-state index in [2.05, 4.69) is 34.8 Å². The molecule has 3 aromatic rings. The molecule has 0 unspecified atom stereocenters. The van der Waals surface area contributed by atoms with Crippen LogP contribution in [-0.2, 0) is 7.05 Å². The number of pyridine rings is 1. The fourth-order valence-corrected chi connectivity index (χ4v) is 2.46. The summed E-state index contributed by atoms with van der Waals surface area (Å²) in [5.41, 5.74) is 4.44. The largest absolute Gasteiger partial charge is 0.342 e. The zero-order chi connectivity index (χ0) is 12.7. The van der Waals surface area contributed by atoms with Gasteiger partial charge in [0, 0.05) is 28.8 Å². The molecule has 0 aliphatic carbocycles. The first-order valence-electron chi connectivity index (χ1n) is 5.83. The molecule has 0 atom stereocenters. The molecule has 0 fully saturated rings. The Morgan fingerprint density at radius 3 is 2.78 bits per heavy atom. The number of rotatable bonds is 1. The molecular formula is C15H13ClN2. The molecule has 0 saturated carbocycles. The third-order valence-corrected chi connectivity index (χ3v) is 3.42. The molecule has 0 bridgehead atoms. The fourth-order valence-electron chi connectivity index (χ4n) is 2.27. The van der Waals surface area contributed by atoms with Gasteiger partial charge in [0.05, 0.1) is 11.7 Å². The van der Waals surface area contributed by atoms with E-state index in [1.54, 1.807) is 0 Å². The fraction of sp³-hybridized carbons (Fsp3) is 0.133. The molecule has 18 heavy (non-hydrogen) atoms. The molecule has 2 nitrogen and oxygen atoms in total. The molecule has 3 heteroatoms. The summed E-state index contributed by atoms with van der Waals surface area (Å²) in [5, 5.41) is 1.96. The summed E-state index contributed by atoms with van der Waals surface area (Å²) in [5.74, 6) is 0. The van der Waals surface area contributed by atoms with E-state index in [1.165, 1.54) is 5.39 Å². The summed E-state index contributed by atoms with van der Waals surface area (Å²) in [6.07, 6.45) is 1.92. The van der Waals surface area contributed by atoms with Crippen molar-refractivity contribution in [2.75, 3.05) is 0 Å². The van der Waals surface area contributed by atoms with Crippen LogP contribution in [0.2, 0.25) is 5.02 Å². The van der Waals surface area contributed by atoms with Gasteiger partial charge in [-0.15, -0.1) is 0 Å². The molecule has 0 N–H and O–H groups in total. The third-order valence-electron chi connectivity index (χ3n) is 3.19. The highest BCUT2D eigenvalue weighted by Gasteiger charge is 2.08. The highest BCUT2D eigenvalue weighted by molar-refractivity contribution is 6.30. The van der Waals surface area contributed by atoms with Gasteiger partial charge in [-0.05, 0) is 36.8 Å². The van der Waals surface area contributed by atoms with Crippen molar-refractivity contribution < 1.29 is 0 Å². The Bertz CT molecular complexity index is 728. The second kappa shape index (κ2) is 4.14. The SMILES string of the molecule is Cc1cc2cc(-c3cccc(Cl)c3)n(C)c2cn1. The summed E-state index contributed by atoms with van der Waals surface area (Å²) >= 11 is 6.05. The first-order valence-corrected chi connectivity index (χ1v) is 6.21. The standard InChI is InChI=1S/C15H13ClN2/c1-10-6-12-8-14(18(2)15(12)9-17-10)11-4-3-5-13(16)7-11/h3-9H,1-2H3. The molecule has 3 rings (SSSR count). The van der Waals surface area contributed by atoms with Gasteiger partial charge in [0.1, 0.15) is 0 Å². The topological polar surface area (TPSA) is 17.8 Å². The van der Waals surface area contributed by atoms with Gasteiger partial charge >= 0.3 is 0 Å². The zero-order valence-electron chi connectivity index (χ0n) is 10.3. The van der Waals surface area contributed by atoms with Gasteiger partial charge < -0.3 is 4.57 Å². The van der Waals surface area contributed by atoms with Crippen LogP contribution in [0.25, 0.3) is 22.2 Å². The highest BCUT2D eigenvalue weighted by Crippen LogP contribution is 2.28. The van der Waals surface area contributed by atoms with Crippen molar-refractivity contribution in [2.24, 2.45) is 7.05 Å². The molecule has 1 aromatic carbocycles. The van der Waals surface area contributed by atoms with E-state index in [4.69, 9.17) is 11.6 Å². The molecule has 0 saturated heterocycles. The van der Waals surface area contributed by atoms with Crippen LogP contribution in [-0.4, -0.2) is 9.55 Å². The van der Waals surface area contributed by atoms with Gasteiger partial charge in [-0.25, -0.2) is 0 Å². The quantitative estimate of drug-likeness (QED) is 0.638. The number of fused-ring (bicyclic) bond motifs is 1. The average molecular weight is 257 g/mol. The number of hydrogen-bond donors (Lipinski definition) is 0. The van der Waals surface area contributed by atoms with Gasteiger partial charge in [-0.1, -0.05) is 23.7 Å². The molecule has 0 radical (unpaired) electrons. The highest BCUT2D eigenvalue weighted by atomic mass is 35.5. The minimum atomic E-state index is 0.757. The Balaban J connectivity index is 2.27. The Labute approximate surface area is 111 Å². The number of halogens is 1. The second-order valence-electron chi connectivity index (χ2n) is 4.48. The van der Waals surface area contributed by atoms with Crippen molar-refractivity contribution in [1.29, 1.82) is 0 Å². The van der Waals surface area contributed by atoms with Crippen LogP contribution in [0.3, 0.4) is 0 Å². The van der Waals surface area contributed by atoms with Crippen molar-refractivity contribution in [2.45, 2.75) is 6.92 Å². The lowest BCUT2D eigenvalue weighted by atomic mass is 10.1. The Morgan fingerprint density at radius 1 is 1.17 bits per heavy atom. The van der Waals surface area contributed by atoms with Gasteiger partial charge in [0.15, 0.2) is 0 Å². The summed E-state index contributed by atoms with van der Waals surface area (Å²) in [6, 6.07) is 12.2. The second-order valence-corrected chi connectivity index (χ2v) is 4.92. The van der Waals surface area contributed by atoms with Crippen LogP contribution in [0.1, 0.15) is 5.69 Å². The lowest BCUT2D eigenvalue weighted by Crippen LogP contribution is -1.91. The van der Waals surface area contributed by atoms with Crippen molar-refractivity contribution in [3.8, 4) is 11.3 Å². The molecular weight excluding hydrogens is 244 g/mol. The Hall–Kier alpha value is -1.80. The number of aromatic nitrogens is 2. The van der Waals surface area contributed by atoms with Crippen LogP contribution < -0.4 is 0 Å². The summed E-state index contributed by atoms with van der Waals surface area (Å²) in [7, 11) is 2.05. The molecule has 0 amide bonds. The maximum absolute atomic E-state index is 6.05. The van der Waals surface area contributed by atoms with Crippen LogP contribution >= 0.6 is 11.6 Å². The van der Waals surface area contributed by atoms with E-state index in [0.717, 1.165) is 27.5 Å². The summed E-state index contributed by atoms with van der Waals surface area (Å²) in [6.45, 7) is 2.01. The van der Waals surface area contributed by atoms with Gasteiger partial charge in [-0.3, -0.25) is 4.98 Å². The van der Waals surface area contributed by atoms with E-state index in [0.29, 0.717) is 0 Å². The molecule has 0 aliphatic rings. The van der Waals surface area contributed by atoms with Crippen molar-refractivity contribution in [3.63, 3.8) is 0 Å². The third kappa shape index (κ3) is 1.79. The van der Waals surface area contributed by atoms with Gasteiger partial charge in [0.25, 0.3) is 0 Å². The monoisotopic (exact) mass is 256 g/mol. The summed E-state index contributed by atoms with van der Waals surface area (Å²) < 4.78 is 2.15. The first-order chi connectivity index (χ1) is 8.65. The number of nitrogens with zero attached hydrogens (tertiary/aromatic N) is 2. The van der Waals surface area contributed by atoms with Crippen LogP contribution in [0.15, 0.2) is 42.6 Å². The normalized spacial score (nSPS) is 11.1. The van der Waals surface area contributed by atoms with Crippen LogP contribution in [0.4, 0.5) is 0 Å². The zero-order valence-corrected chi connectivity index (χ0v) is 11.1. The number of aryl methyl sites for hydroxylation is 2. The van der Waals surface area contributed by atoms with Gasteiger partial charge in [-0.2, -0.15) is 0 Å². The molecule has 0 aliphatic heterocycles. The first kappa shape index (κ1) is 11.3. The predicted octanol–water partition coefficient (Wildman–Crippen LogP) is 4.20. The molecule has 0 spiro atoms. The number of hydrogen-bond acceptors (Lipinski definition) is 1. The van der Waals surface area contributed by atoms with Crippen LogP contribution in [0.5, 0.6) is 0 Å². The van der Waals surface area contributed by atoms with Crippen molar-refractivity contribution in [3.05, 3.63) is 53.3 Å². The Kier molecular flexibility index (Phi) is 2.60. The predicted molar refractivity (Wildman–Crippen MR) is 75.9 cm³/mol. The maximum Gasteiger partial charge on any atom is 0.0669 e. The minimum Gasteiger partial charge on any atom is -0.342 e. The average Bonchev–Trinajstić information content (AvgIpc) is 2.66. The lowest BCUT2D eigenvalue weighted by molar-refractivity contribution is 0.972.